The standard InChI is InChI=1S/C16H20N4O2/c1-2-20-15(7-8-17-20)16(21)18-13-3-5-14(6-4-13)19-9-11-22-12-10-19/h3-8H,2,9-12H2,1H3,(H,18,21). The number of nitrogens with one attached hydrogen (secondary N) is 1. The van der Waals surface area contributed by atoms with Crippen molar-refractivity contribution in [2.45, 2.75) is 13.5 Å². The van der Waals surface area contributed by atoms with E-state index in [1.807, 2.05) is 31.2 Å². The molecule has 2 heterocycles. The largest absolute Gasteiger partial charge is 0.378 e. The van der Waals surface area contributed by atoms with Gasteiger partial charge in [-0.1, -0.05) is 0 Å². The molecule has 1 fully saturated rings. The van der Waals surface area contributed by atoms with Gasteiger partial charge in [0.2, 0.25) is 0 Å². The molecule has 6 nitrogen and oxygen atoms in total. The number of ether oxygens (including phenoxy) is 1. The number of carbonyl (C=O) groups is 1. The third-order valence-electron chi connectivity index (χ3n) is 3.75. The molecule has 1 aliphatic rings. The van der Waals surface area contributed by atoms with Gasteiger partial charge < -0.3 is 15.0 Å². The van der Waals surface area contributed by atoms with Gasteiger partial charge >= 0.3 is 0 Å². The maximum absolute atomic E-state index is 12.2. The molecule has 1 aromatic carbocycles. The molecule has 22 heavy (non-hydrogen) atoms. The summed E-state index contributed by atoms with van der Waals surface area (Å²) in [5.74, 6) is -0.140. The first-order chi connectivity index (χ1) is 10.8. The predicted octanol–water partition coefficient (Wildman–Crippen LogP) is 1.99. The zero-order valence-corrected chi connectivity index (χ0v) is 12.7. The van der Waals surface area contributed by atoms with Gasteiger partial charge in [-0.15, -0.1) is 0 Å². The second-order valence-corrected chi connectivity index (χ2v) is 5.13. The summed E-state index contributed by atoms with van der Waals surface area (Å²) in [5.41, 5.74) is 2.51. The number of nitrogens with zero attached hydrogens (tertiary/aromatic N) is 3. The minimum atomic E-state index is -0.140. The first-order valence-corrected chi connectivity index (χ1v) is 7.54. The molecule has 1 saturated heterocycles. The molecule has 0 unspecified atom stereocenters. The zero-order chi connectivity index (χ0) is 15.4. The van der Waals surface area contributed by atoms with Crippen molar-refractivity contribution in [3.05, 3.63) is 42.2 Å². The predicted molar refractivity (Wildman–Crippen MR) is 85.3 cm³/mol. The Bertz CT molecular complexity index is 630. The Morgan fingerprint density at radius 2 is 1.95 bits per heavy atom. The van der Waals surface area contributed by atoms with E-state index in [1.165, 1.54) is 0 Å². The number of aromatic nitrogens is 2. The van der Waals surface area contributed by atoms with Crippen LogP contribution in [0.1, 0.15) is 17.4 Å². The molecule has 1 N–H and O–H groups in total. The summed E-state index contributed by atoms with van der Waals surface area (Å²) in [6.45, 7) is 5.97. The van der Waals surface area contributed by atoms with E-state index in [-0.39, 0.29) is 5.91 Å². The number of aryl methyl sites for hydroxylation is 1. The quantitative estimate of drug-likeness (QED) is 0.938. The molecule has 6 heteroatoms. The van der Waals surface area contributed by atoms with E-state index >= 15 is 0 Å². The number of amides is 1. The normalized spacial score (nSPS) is 14.9. The molecular weight excluding hydrogens is 280 g/mol. The van der Waals surface area contributed by atoms with Crippen LogP contribution < -0.4 is 10.2 Å². The highest BCUT2D eigenvalue weighted by atomic mass is 16.5. The fourth-order valence-electron chi connectivity index (χ4n) is 2.55. The van der Waals surface area contributed by atoms with Crippen molar-refractivity contribution in [2.24, 2.45) is 0 Å². The number of hydrogen-bond acceptors (Lipinski definition) is 4. The van der Waals surface area contributed by atoms with Crippen molar-refractivity contribution in [2.75, 3.05) is 36.5 Å². The van der Waals surface area contributed by atoms with Crippen LogP contribution in [0.15, 0.2) is 36.5 Å². The second-order valence-electron chi connectivity index (χ2n) is 5.13. The lowest BCUT2D eigenvalue weighted by Gasteiger charge is -2.28. The van der Waals surface area contributed by atoms with Crippen molar-refractivity contribution in [3.8, 4) is 0 Å². The van der Waals surface area contributed by atoms with Gasteiger partial charge in [0, 0.05) is 37.2 Å². The minimum absolute atomic E-state index is 0.140. The van der Waals surface area contributed by atoms with Crippen LogP contribution in [-0.2, 0) is 11.3 Å². The van der Waals surface area contributed by atoms with Crippen molar-refractivity contribution in [1.29, 1.82) is 0 Å². The molecule has 0 atom stereocenters. The van der Waals surface area contributed by atoms with Crippen LogP contribution in [0.5, 0.6) is 0 Å². The Hall–Kier alpha value is -2.34. The average Bonchev–Trinajstić information content (AvgIpc) is 3.05. The van der Waals surface area contributed by atoms with Crippen LogP contribution in [-0.4, -0.2) is 42.0 Å². The van der Waals surface area contributed by atoms with Gasteiger partial charge in [0.1, 0.15) is 5.69 Å². The van der Waals surface area contributed by atoms with Gasteiger partial charge in [0.25, 0.3) is 5.91 Å². The van der Waals surface area contributed by atoms with Gasteiger partial charge in [-0.2, -0.15) is 5.10 Å². The highest BCUT2D eigenvalue weighted by Gasteiger charge is 2.13. The first kappa shape index (κ1) is 14.6. The van der Waals surface area contributed by atoms with Gasteiger partial charge in [-0.3, -0.25) is 9.48 Å². The van der Waals surface area contributed by atoms with Gasteiger partial charge in [0.05, 0.1) is 13.2 Å². The monoisotopic (exact) mass is 300 g/mol. The summed E-state index contributed by atoms with van der Waals surface area (Å²) in [6, 6.07) is 9.63. The Labute approximate surface area is 129 Å². The lowest BCUT2D eigenvalue weighted by molar-refractivity contribution is 0.101. The highest BCUT2D eigenvalue weighted by Crippen LogP contribution is 2.19. The molecule has 0 bridgehead atoms. The molecule has 2 aromatic rings. The molecule has 0 radical (unpaired) electrons. The lowest BCUT2D eigenvalue weighted by atomic mass is 10.2. The van der Waals surface area contributed by atoms with E-state index < -0.39 is 0 Å². The van der Waals surface area contributed by atoms with E-state index in [0.717, 1.165) is 37.7 Å². The zero-order valence-electron chi connectivity index (χ0n) is 12.7. The maximum atomic E-state index is 12.2. The molecule has 3 rings (SSSR count). The Morgan fingerprint density at radius 1 is 1.23 bits per heavy atom. The van der Waals surface area contributed by atoms with Crippen LogP contribution in [0.3, 0.4) is 0 Å². The number of morpholine rings is 1. The van der Waals surface area contributed by atoms with E-state index in [2.05, 4.69) is 15.3 Å². The van der Waals surface area contributed by atoms with E-state index in [1.54, 1.807) is 16.9 Å². The second kappa shape index (κ2) is 6.62. The number of anilines is 2. The SMILES string of the molecule is CCn1nccc1C(=O)Nc1ccc(N2CCOCC2)cc1. The molecule has 1 amide bonds. The van der Waals surface area contributed by atoms with Gasteiger partial charge in [0.15, 0.2) is 0 Å². The van der Waals surface area contributed by atoms with Crippen LogP contribution in [0.25, 0.3) is 0 Å². The van der Waals surface area contributed by atoms with Crippen LogP contribution in [0.2, 0.25) is 0 Å². The molecule has 1 aliphatic heterocycles. The Kier molecular flexibility index (Phi) is 4.39. The number of hydrogen-bond donors (Lipinski definition) is 1. The van der Waals surface area contributed by atoms with E-state index in [4.69, 9.17) is 4.74 Å². The maximum Gasteiger partial charge on any atom is 0.273 e. The smallest absolute Gasteiger partial charge is 0.273 e. The van der Waals surface area contributed by atoms with Crippen LogP contribution in [0.4, 0.5) is 11.4 Å². The summed E-state index contributed by atoms with van der Waals surface area (Å²) >= 11 is 0. The number of rotatable bonds is 4. The Morgan fingerprint density at radius 3 is 2.64 bits per heavy atom. The average molecular weight is 300 g/mol. The first-order valence-electron chi connectivity index (χ1n) is 7.54. The molecule has 0 saturated carbocycles. The summed E-state index contributed by atoms with van der Waals surface area (Å²) in [7, 11) is 0. The van der Waals surface area contributed by atoms with Crippen LogP contribution in [0, 0.1) is 0 Å². The van der Waals surface area contributed by atoms with Crippen molar-refractivity contribution < 1.29 is 9.53 Å². The van der Waals surface area contributed by atoms with Gasteiger partial charge in [-0.25, -0.2) is 0 Å². The fraction of sp³-hybridized carbons (Fsp3) is 0.375. The summed E-state index contributed by atoms with van der Waals surface area (Å²) < 4.78 is 7.03. The lowest BCUT2D eigenvalue weighted by Crippen LogP contribution is -2.36. The van der Waals surface area contributed by atoms with E-state index in [9.17, 15) is 4.79 Å². The fourth-order valence-corrected chi connectivity index (χ4v) is 2.55. The summed E-state index contributed by atoms with van der Waals surface area (Å²) in [5, 5.41) is 7.02. The molecule has 116 valence electrons. The van der Waals surface area contributed by atoms with Gasteiger partial charge in [-0.05, 0) is 37.3 Å². The molecule has 1 aromatic heterocycles. The summed E-state index contributed by atoms with van der Waals surface area (Å²) in [4.78, 5) is 14.5. The molecule has 0 aliphatic carbocycles. The minimum Gasteiger partial charge on any atom is -0.378 e. The molecular formula is C16H20N4O2. The van der Waals surface area contributed by atoms with Crippen LogP contribution >= 0.6 is 0 Å². The number of carbonyl (C=O) groups excluding carboxylic acids is 1. The van der Waals surface area contributed by atoms with E-state index in [0.29, 0.717) is 12.2 Å². The summed E-state index contributed by atoms with van der Waals surface area (Å²) in [6.07, 6.45) is 1.64. The Balaban J connectivity index is 1.67. The third kappa shape index (κ3) is 3.12. The van der Waals surface area contributed by atoms with Crippen molar-refractivity contribution >= 4 is 17.3 Å². The topological polar surface area (TPSA) is 59.4 Å². The number of benzene rings is 1. The highest BCUT2D eigenvalue weighted by molar-refractivity contribution is 6.03. The third-order valence-corrected chi connectivity index (χ3v) is 3.75. The van der Waals surface area contributed by atoms with Crippen molar-refractivity contribution in [1.82, 2.24) is 9.78 Å². The molecule has 0 spiro atoms. The van der Waals surface area contributed by atoms with Crippen molar-refractivity contribution in [3.63, 3.8) is 0 Å².